The highest BCUT2D eigenvalue weighted by Crippen LogP contribution is 2.30. The van der Waals surface area contributed by atoms with Crippen molar-refractivity contribution in [1.82, 2.24) is 15.8 Å². The summed E-state index contributed by atoms with van der Waals surface area (Å²) in [6.45, 7) is 1.60. The first-order valence-electron chi connectivity index (χ1n) is 9.57. The lowest BCUT2D eigenvalue weighted by Crippen LogP contribution is -2.50. The van der Waals surface area contributed by atoms with Gasteiger partial charge in [-0.25, -0.2) is 19.0 Å². The minimum absolute atomic E-state index is 0.0202. The maximum absolute atomic E-state index is 13.5. The van der Waals surface area contributed by atoms with Gasteiger partial charge in [-0.3, -0.25) is 10.2 Å². The quantitative estimate of drug-likeness (QED) is 0.361. The van der Waals surface area contributed by atoms with E-state index in [4.69, 9.17) is 11.6 Å². The molecule has 3 amide bonds. The van der Waals surface area contributed by atoms with Gasteiger partial charge in [0.25, 0.3) is 5.91 Å². The maximum Gasteiger partial charge on any atom is 0.416 e. The summed E-state index contributed by atoms with van der Waals surface area (Å²) < 4.78 is 56.7. The largest absolute Gasteiger partial charge is 0.465 e. The molecule has 0 saturated heterocycles. The number of amides is 3. The predicted octanol–water partition coefficient (Wildman–Crippen LogP) is 4.20. The Bertz CT molecular complexity index is 1050. The zero-order valence-corrected chi connectivity index (χ0v) is 18.3. The lowest BCUT2D eigenvalue weighted by molar-refractivity contribution is -0.137. The first kappa shape index (κ1) is 25.9. The van der Waals surface area contributed by atoms with Gasteiger partial charge in [0.05, 0.1) is 18.2 Å². The molecular formula is C21H20ClF4N3O4. The van der Waals surface area contributed by atoms with Gasteiger partial charge in [-0.05, 0) is 49.2 Å². The summed E-state index contributed by atoms with van der Waals surface area (Å²) in [5.41, 5.74) is 1.13. The molecule has 0 atom stereocenters. The van der Waals surface area contributed by atoms with Crippen molar-refractivity contribution in [2.75, 3.05) is 20.2 Å². The van der Waals surface area contributed by atoms with Gasteiger partial charge in [-0.15, -0.1) is 0 Å². The second-order valence-corrected chi connectivity index (χ2v) is 7.10. The number of urea groups is 1. The van der Waals surface area contributed by atoms with Gasteiger partial charge >= 0.3 is 18.2 Å². The summed E-state index contributed by atoms with van der Waals surface area (Å²) in [7, 11) is 1.24. The fourth-order valence-corrected chi connectivity index (χ4v) is 3.01. The number of nitrogens with one attached hydrogen (secondary N) is 2. The Hall–Kier alpha value is -3.34. The number of esters is 1. The summed E-state index contributed by atoms with van der Waals surface area (Å²) in [4.78, 5) is 36.1. The molecule has 0 spiro atoms. The Morgan fingerprint density at radius 1 is 1.09 bits per heavy atom. The normalized spacial score (nSPS) is 11.0. The van der Waals surface area contributed by atoms with Crippen molar-refractivity contribution in [3.8, 4) is 0 Å². The molecule has 0 fully saturated rings. The number of benzene rings is 2. The molecule has 0 heterocycles. The van der Waals surface area contributed by atoms with Crippen LogP contribution in [0, 0.1) is 5.82 Å². The van der Waals surface area contributed by atoms with Crippen molar-refractivity contribution in [3.05, 3.63) is 69.5 Å². The molecule has 7 nitrogen and oxygen atoms in total. The van der Waals surface area contributed by atoms with Crippen molar-refractivity contribution in [3.63, 3.8) is 0 Å². The van der Waals surface area contributed by atoms with Crippen LogP contribution in [0.4, 0.5) is 22.4 Å². The fourth-order valence-electron chi connectivity index (χ4n) is 2.74. The third-order valence-corrected chi connectivity index (χ3v) is 4.78. The molecule has 2 aromatic carbocycles. The highest BCUT2D eigenvalue weighted by Gasteiger charge is 2.32. The number of nitrogens with zero attached hydrogens (tertiary/aromatic N) is 1. The van der Waals surface area contributed by atoms with Crippen LogP contribution in [0.25, 0.3) is 0 Å². The number of methoxy groups -OCH3 is 1. The molecular weight excluding hydrogens is 470 g/mol. The van der Waals surface area contributed by atoms with Gasteiger partial charge in [0.1, 0.15) is 5.82 Å². The number of halogens is 5. The molecule has 0 radical (unpaired) electrons. The molecule has 2 rings (SSSR count). The SMILES string of the molecule is CCN(NC(=O)c1cc(F)cc(C(F)(F)F)c1)C(=O)NCCc1ccc(C(=O)OC)cc1Cl. The third-order valence-electron chi connectivity index (χ3n) is 4.43. The number of ether oxygens (including phenoxy) is 1. The van der Waals surface area contributed by atoms with E-state index in [2.05, 4.69) is 15.5 Å². The second-order valence-electron chi connectivity index (χ2n) is 6.69. The minimum atomic E-state index is -4.84. The van der Waals surface area contributed by atoms with Gasteiger partial charge in [-0.2, -0.15) is 13.2 Å². The first-order valence-corrected chi connectivity index (χ1v) is 9.95. The minimum Gasteiger partial charge on any atom is -0.465 e. The number of rotatable bonds is 6. The van der Waals surface area contributed by atoms with Crippen molar-refractivity contribution >= 4 is 29.5 Å². The van der Waals surface area contributed by atoms with Gasteiger partial charge < -0.3 is 10.1 Å². The van der Waals surface area contributed by atoms with Crippen LogP contribution >= 0.6 is 11.6 Å². The van der Waals surface area contributed by atoms with Gasteiger partial charge in [0.2, 0.25) is 0 Å². The molecule has 0 aliphatic rings. The highest BCUT2D eigenvalue weighted by atomic mass is 35.5. The molecule has 0 aliphatic carbocycles. The molecule has 0 unspecified atom stereocenters. The summed E-state index contributed by atoms with van der Waals surface area (Å²) in [5.74, 6) is -2.87. The van der Waals surface area contributed by atoms with E-state index >= 15 is 0 Å². The van der Waals surface area contributed by atoms with Crippen molar-refractivity contribution < 1.29 is 36.7 Å². The van der Waals surface area contributed by atoms with Crippen LogP contribution in [0.1, 0.15) is 38.8 Å². The van der Waals surface area contributed by atoms with Gasteiger partial charge in [-0.1, -0.05) is 17.7 Å². The Kier molecular flexibility index (Phi) is 8.63. The van der Waals surface area contributed by atoms with Crippen LogP contribution in [0.2, 0.25) is 5.02 Å². The summed E-state index contributed by atoms with van der Waals surface area (Å²) in [5, 5.41) is 3.66. The predicted molar refractivity (Wildman–Crippen MR) is 111 cm³/mol. The number of hydrogen-bond donors (Lipinski definition) is 2. The monoisotopic (exact) mass is 489 g/mol. The molecule has 2 aromatic rings. The molecule has 0 aliphatic heterocycles. The lowest BCUT2D eigenvalue weighted by Gasteiger charge is -2.22. The Morgan fingerprint density at radius 2 is 1.79 bits per heavy atom. The maximum atomic E-state index is 13.5. The Labute approximate surface area is 191 Å². The van der Waals surface area contributed by atoms with E-state index in [9.17, 15) is 31.9 Å². The molecule has 0 saturated carbocycles. The van der Waals surface area contributed by atoms with Crippen LogP contribution in [0.15, 0.2) is 36.4 Å². The number of carbonyl (C=O) groups excluding carboxylic acids is 3. The van der Waals surface area contributed by atoms with Crippen LogP contribution in [-0.4, -0.2) is 43.1 Å². The smallest absolute Gasteiger partial charge is 0.416 e. The molecule has 0 aromatic heterocycles. The Morgan fingerprint density at radius 3 is 2.36 bits per heavy atom. The van der Waals surface area contributed by atoms with E-state index in [0.29, 0.717) is 22.7 Å². The van der Waals surface area contributed by atoms with E-state index < -0.39 is 41.0 Å². The number of hydrogen-bond acceptors (Lipinski definition) is 4. The number of carbonyl (C=O) groups is 3. The summed E-state index contributed by atoms with van der Waals surface area (Å²) >= 11 is 6.13. The van der Waals surface area contributed by atoms with Crippen molar-refractivity contribution in [1.29, 1.82) is 0 Å². The molecule has 178 valence electrons. The summed E-state index contributed by atoms with van der Waals surface area (Å²) in [6, 6.07) is 5.20. The van der Waals surface area contributed by atoms with Gasteiger partial charge in [0, 0.05) is 23.7 Å². The van der Waals surface area contributed by atoms with Crippen LogP contribution < -0.4 is 10.7 Å². The molecule has 33 heavy (non-hydrogen) atoms. The standard InChI is InChI=1S/C21H20ClF4N3O4/c1-3-29(28-18(30)14-8-15(21(24,25)26)11-16(23)9-14)20(32)27-7-6-12-4-5-13(10-17(12)22)19(31)33-2/h4-5,8-11H,3,6-7H2,1-2H3,(H,27,32)(H,28,30). The van der Waals surface area contributed by atoms with Crippen molar-refractivity contribution in [2.45, 2.75) is 19.5 Å². The van der Waals surface area contributed by atoms with Crippen molar-refractivity contribution in [2.24, 2.45) is 0 Å². The average Bonchev–Trinajstić information content (AvgIpc) is 2.76. The van der Waals surface area contributed by atoms with Gasteiger partial charge in [0.15, 0.2) is 0 Å². The molecule has 12 heteroatoms. The Balaban J connectivity index is 1.98. The van der Waals surface area contributed by atoms with E-state index in [1.807, 2.05) is 0 Å². The average molecular weight is 490 g/mol. The third kappa shape index (κ3) is 7.07. The molecule has 2 N–H and O–H groups in total. The van der Waals surface area contributed by atoms with Crippen LogP contribution in [0.5, 0.6) is 0 Å². The summed E-state index contributed by atoms with van der Waals surface area (Å²) in [6.07, 6.45) is -4.55. The van der Waals surface area contributed by atoms with E-state index in [-0.39, 0.29) is 31.1 Å². The zero-order valence-electron chi connectivity index (χ0n) is 17.6. The first-order chi connectivity index (χ1) is 15.5. The fraction of sp³-hybridized carbons (Fsp3) is 0.286. The topological polar surface area (TPSA) is 87.7 Å². The highest BCUT2D eigenvalue weighted by molar-refractivity contribution is 6.31. The number of alkyl halides is 3. The lowest BCUT2D eigenvalue weighted by atomic mass is 10.1. The van der Waals surface area contributed by atoms with Crippen LogP contribution in [-0.2, 0) is 17.3 Å². The zero-order chi connectivity index (χ0) is 24.8. The van der Waals surface area contributed by atoms with Crippen LogP contribution in [0.3, 0.4) is 0 Å². The van der Waals surface area contributed by atoms with E-state index in [0.717, 1.165) is 5.01 Å². The number of hydrazine groups is 1. The molecule has 0 bridgehead atoms. The van der Waals surface area contributed by atoms with E-state index in [1.165, 1.54) is 26.2 Å². The second kappa shape index (κ2) is 11.0. The van der Waals surface area contributed by atoms with E-state index in [1.54, 1.807) is 6.07 Å².